The Morgan fingerprint density at radius 3 is 2.85 bits per heavy atom. The molecular formula is C14H21FN2O3. The summed E-state index contributed by atoms with van der Waals surface area (Å²) in [5, 5.41) is 12.3. The zero-order chi connectivity index (χ0) is 15.1. The predicted octanol–water partition coefficient (Wildman–Crippen LogP) is 1.08. The van der Waals surface area contributed by atoms with Crippen molar-refractivity contribution in [2.45, 2.75) is 13.0 Å². The number of benzene rings is 1. The van der Waals surface area contributed by atoms with Crippen molar-refractivity contribution in [2.24, 2.45) is 0 Å². The van der Waals surface area contributed by atoms with Crippen molar-refractivity contribution in [3.8, 4) is 0 Å². The van der Waals surface area contributed by atoms with Crippen molar-refractivity contribution in [1.29, 1.82) is 0 Å². The van der Waals surface area contributed by atoms with Crippen LogP contribution in [0.4, 0.5) is 10.1 Å². The molecule has 0 bridgehead atoms. The van der Waals surface area contributed by atoms with Gasteiger partial charge in [0.1, 0.15) is 5.82 Å². The summed E-state index contributed by atoms with van der Waals surface area (Å²) in [5.41, 5.74) is 0.696. The number of rotatable bonds is 7. The molecule has 6 heteroatoms. The third-order valence-corrected chi connectivity index (χ3v) is 2.86. The lowest BCUT2D eigenvalue weighted by Gasteiger charge is -2.23. The summed E-state index contributed by atoms with van der Waals surface area (Å²) in [7, 11) is 3.16. The van der Waals surface area contributed by atoms with Crippen LogP contribution in [0, 0.1) is 5.82 Å². The highest BCUT2D eigenvalue weighted by Gasteiger charge is 2.17. The summed E-state index contributed by atoms with van der Waals surface area (Å²) in [4.78, 5) is 13.2. The molecule has 1 rings (SSSR count). The van der Waals surface area contributed by atoms with Crippen molar-refractivity contribution >= 4 is 11.6 Å². The first-order chi connectivity index (χ1) is 9.47. The number of ether oxygens (including phenoxy) is 1. The van der Waals surface area contributed by atoms with Gasteiger partial charge in [0.2, 0.25) is 5.91 Å². The van der Waals surface area contributed by atoms with Crippen LogP contribution in [0.5, 0.6) is 0 Å². The maximum Gasteiger partial charge on any atom is 0.239 e. The summed E-state index contributed by atoms with van der Waals surface area (Å²) in [6.07, 6.45) is -0.806. The van der Waals surface area contributed by atoms with Gasteiger partial charge < -0.3 is 20.1 Å². The minimum atomic E-state index is -0.806. The second-order valence-corrected chi connectivity index (χ2v) is 4.55. The highest BCUT2D eigenvalue weighted by atomic mass is 19.1. The van der Waals surface area contributed by atoms with Crippen LogP contribution in [0.3, 0.4) is 0 Å². The number of aliphatic hydroxyl groups excluding tert-OH is 1. The Morgan fingerprint density at radius 1 is 1.55 bits per heavy atom. The molecule has 0 spiro atoms. The van der Waals surface area contributed by atoms with Crippen LogP contribution in [0.15, 0.2) is 18.2 Å². The maximum absolute atomic E-state index is 13.9. The molecule has 0 aliphatic rings. The molecule has 1 aromatic carbocycles. The zero-order valence-corrected chi connectivity index (χ0v) is 12.0. The highest BCUT2D eigenvalue weighted by molar-refractivity contribution is 5.81. The number of hydrogen-bond donors (Lipinski definition) is 2. The van der Waals surface area contributed by atoms with Gasteiger partial charge in [0, 0.05) is 26.3 Å². The number of nitrogens with one attached hydrogen (secondary N) is 1. The fourth-order valence-corrected chi connectivity index (χ4v) is 1.91. The molecular weight excluding hydrogens is 263 g/mol. The molecule has 2 N–H and O–H groups in total. The normalized spacial score (nSPS) is 12.1. The van der Waals surface area contributed by atoms with E-state index < -0.39 is 11.9 Å². The Hall–Kier alpha value is -1.66. The molecule has 1 atom stereocenters. The number of carbonyl (C=O) groups is 1. The molecule has 0 radical (unpaired) electrons. The van der Waals surface area contributed by atoms with E-state index in [1.165, 1.54) is 17.0 Å². The van der Waals surface area contributed by atoms with E-state index in [0.29, 0.717) is 18.7 Å². The maximum atomic E-state index is 13.9. The first-order valence-corrected chi connectivity index (χ1v) is 6.40. The smallest absolute Gasteiger partial charge is 0.239 e. The predicted molar refractivity (Wildman–Crippen MR) is 75.2 cm³/mol. The fraction of sp³-hybridized carbons (Fsp3) is 0.500. The lowest BCUT2D eigenvalue weighted by molar-refractivity contribution is -0.119. The second-order valence-electron chi connectivity index (χ2n) is 4.55. The van der Waals surface area contributed by atoms with E-state index in [9.17, 15) is 14.3 Å². The summed E-state index contributed by atoms with van der Waals surface area (Å²) in [5.74, 6) is -0.695. The molecule has 0 fully saturated rings. The molecule has 20 heavy (non-hydrogen) atoms. The number of anilines is 1. The third kappa shape index (κ3) is 4.47. The summed E-state index contributed by atoms with van der Waals surface area (Å²) in [6.45, 7) is 2.40. The van der Waals surface area contributed by atoms with Crippen LogP contribution in [0.1, 0.15) is 18.6 Å². The molecule has 5 nitrogen and oxygen atoms in total. The van der Waals surface area contributed by atoms with Gasteiger partial charge >= 0.3 is 0 Å². The SMILES string of the molecule is COCCNC(=O)CN(C)c1c(F)cccc1C(C)O. The van der Waals surface area contributed by atoms with E-state index in [0.717, 1.165) is 0 Å². The number of likely N-dealkylation sites (N-methyl/N-ethyl adjacent to an activating group) is 1. The van der Waals surface area contributed by atoms with E-state index >= 15 is 0 Å². The molecule has 1 amide bonds. The molecule has 1 unspecified atom stereocenters. The summed E-state index contributed by atoms with van der Waals surface area (Å²) in [6, 6.07) is 4.48. The van der Waals surface area contributed by atoms with Crippen molar-refractivity contribution in [2.75, 3.05) is 38.8 Å². The average Bonchev–Trinajstić information content (AvgIpc) is 2.38. The van der Waals surface area contributed by atoms with Gasteiger partial charge in [-0.2, -0.15) is 0 Å². The Balaban J connectivity index is 2.76. The number of methoxy groups -OCH3 is 1. The Labute approximate surface area is 118 Å². The van der Waals surface area contributed by atoms with Gasteiger partial charge in [0.25, 0.3) is 0 Å². The molecule has 0 aliphatic carbocycles. The average molecular weight is 284 g/mol. The first kappa shape index (κ1) is 16.4. The van der Waals surface area contributed by atoms with Gasteiger partial charge in [-0.1, -0.05) is 12.1 Å². The standard InChI is InChI=1S/C14H21FN2O3/c1-10(18)11-5-4-6-12(15)14(11)17(2)9-13(19)16-7-8-20-3/h4-6,10,18H,7-9H2,1-3H3,(H,16,19). The van der Waals surface area contributed by atoms with E-state index in [1.54, 1.807) is 27.1 Å². The van der Waals surface area contributed by atoms with Gasteiger partial charge in [-0.05, 0) is 13.0 Å². The van der Waals surface area contributed by atoms with Crippen LogP contribution < -0.4 is 10.2 Å². The van der Waals surface area contributed by atoms with Crippen LogP contribution in [0.2, 0.25) is 0 Å². The Kier molecular flexibility index (Phi) is 6.41. The number of para-hydroxylation sites is 1. The van der Waals surface area contributed by atoms with Crippen molar-refractivity contribution in [3.63, 3.8) is 0 Å². The number of nitrogens with zero attached hydrogens (tertiary/aromatic N) is 1. The highest BCUT2D eigenvalue weighted by Crippen LogP contribution is 2.28. The number of amides is 1. The van der Waals surface area contributed by atoms with Crippen LogP contribution in [-0.4, -0.2) is 44.9 Å². The Morgan fingerprint density at radius 2 is 2.25 bits per heavy atom. The van der Waals surface area contributed by atoms with Crippen LogP contribution in [0.25, 0.3) is 0 Å². The lowest BCUT2D eigenvalue weighted by atomic mass is 10.1. The minimum Gasteiger partial charge on any atom is -0.389 e. The van der Waals surface area contributed by atoms with Crippen molar-refractivity contribution in [3.05, 3.63) is 29.6 Å². The van der Waals surface area contributed by atoms with Crippen molar-refractivity contribution in [1.82, 2.24) is 5.32 Å². The van der Waals surface area contributed by atoms with Gasteiger partial charge in [-0.3, -0.25) is 4.79 Å². The van der Waals surface area contributed by atoms with Crippen molar-refractivity contribution < 1.29 is 19.0 Å². The largest absolute Gasteiger partial charge is 0.389 e. The second kappa shape index (κ2) is 7.81. The number of carbonyl (C=O) groups excluding carboxylic acids is 1. The molecule has 0 heterocycles. The van der Waals surface area contributed by atoms with Gasteiger partial charge in [-0.25, -0.2) is 4.39 Å². The zero-order valence-electron chi connectivity index (χ0n) is 12.0. The lowest BCUT2D eigenvalue weighted by Crippen LogP contribution is -2.37. The first-order valence-electron chi connectivity index (χ1n) is 6.40. The van der Waals surface area contributed by atoms with E-state index in [4.69, 9.17) is 4.74 Å². The van der Waals surface area contributed by atoms with Gasteiger partial charge in [0.05, 0.1) is 24.9 Å². The molecule has 0 aromatic heterocycles. The third-order valence-electron chi connectivity index (χ3n) is 2.86. The molecule has 0 aliphatic heterocycles. The van der Waals surface area contributed by atoms with Gasteiger partial charge in [-0.15, -0.1) is 0 Å². The molecule has 1 aromatic rings. The fourth-order valence-electron chi connectivity index (χ4n) is 1.91. The van der Waals surface area contributed by atoms with E-state index in [2.05, 4.69) is 5.32 Å². The quantitative estimate of drug-likeness (QED) is 0.736. The van der Waals surface area contributed by atoms with Crippen LogP contribution >= 0.6 is 0 Å². The van der Waals surface area contributed by atoms with Crippen LogP contribution in [-0.2, 0) is 9.53 Å². The molecule has 112 valence electrons. The van der Waals surface area contributed by atoms with Gasteiger partial charge in [0.15, 0.2) is 0 Å². The molecule has 0 saturated carbocycles. The molecule has 0 saturated heterocycles. The summed E-state index contributed by atoms with van der Waals surface area (Å²) < 4.78 is 18.7. The van der Waals surface area contributed by atoms with E-state index in [1.807, 2.05) is 0 Å². The topological polar surface area (TPSA) is 61.8 Å². The summed E-state index contributed by atoms with van der Waals surface area (Å²) >= 11 is 0. The minimum absolute atomic E-state index is 0.00433. The Bertz CT molecular complexity index is 452. The monoisotopic (exact) mass is 284 g/mol. The number of aliphatic hydroxyl groups is 1. The number of halogens is 1. The van der Waals surface area contributed by atoms with E-state index in [-0.39, 0.29) is 18.1 Å². The number of hydrogen-bond acceptors (Lipinski definition) is 4.